The number of methoxy groups -OCH3 is 1. The molecule has 3 rings (SSSR count). The van der Waals surface area contributed by atoms with Crippen molar-refractivity contribution in [3.05, 3.63) is 69.9 Å². The van der Waals surface area contributed by atoms with Crippen LogP contribution in [0.25, 0.3) is 0 Å². The molecule has 4 heteroatoms. The predicted octanol–water partition coefficient (Wildman–Crippen LogP) is 5.14. The molecule has 148 valence electrons. The van der Waals surface area contributed by atoms with E-state index in [1.165, 1.54) is 5.56 Å². The topological polar surface area (TPSA) is 42.9 Å². The van der Waals surface area contributed by atoms with E-state index >= 15 is 0 Å². The second-order valence-electron chi connectivity index (χ2n) is 7.64. The number of rotatable bonds is 6. The number of nitrogens with zero attached hydrogens (tertiary/aromatic N) is 1. The first-order chi connectivity index (χ1) is 13.4. The highest BCUT2D eigenvalue weighted by Gasteiger charge is 2.19. The van der Waals surface area contributed by atoms with Crippen LogP contribution in [0.5, 0.6) is 11.5 Å². The van der Waals surface area contributed by atoms with E-state index in [-0.39, 0.29) is 0 Å². The number of aliphatic imine (C=N–C) groups is 1. The van der Waals surface area contributed by atoms with Crippen molar-refractivity contribution in [2.45, 2.75) is 40.5 Å². The van der Waals surface area contributed by atoms with Crippen molar-refractivity contribution >= 4 is 5.84 Å². The van der Waals surface area contributed by atoms with Crippen LogP contribution in [0.4, 0.5) is 0 Å². The van der Waals surface area contributed by atoms with Crippen molar-refractivity contribution in [1.29, 1.82) is 0 Å². The van der Waals surface area contributed by atoms with Crippen LogP contribution in [0.15, 0.2) is 52.7 Å². The molecule has 0 aliphatic carbocycles. The fraction of sp³-hybridized carbons (Fsp3) is 0.375. The van der Waals surface area contributed by atoms with E-state index in [4.69, 9.17) is 14.5 Å². The molecule has 0 saturated heterocycles. The smallest absolute Gasteiger partial charge is 0.136 e. The number of aryl methyl sites for hydroxylation is 2. The van der Waals surface area contributed by atoms with Crippen LogP contribution >= 0.6 is 0 Å². The first kappa shape index (κ1) is 20.0. The number of hydrogen-bond donors (Lipinski definition) is 1. The molecule has 0 aromatic heterocycles. The lowest BCUT2D eigenvalue weighted by Crippen LogP contribution is -2.31. The quantitative estimate of drug-likeness (QED) is 0.757. The van der Waals surface area contributed by atoms with E-state index in [9.17, 15) is 0 Å². The lowest BCUT2D eigenvalue weighted by Gasteiger charge is -2.23. The summed E-state index contributed by atoms with van der Waals surface area (Å²) in [5.41, 5.74) is 6.85. The molecule has 28 heavy (non-hydrogen) atoms. The van der Waals surface area contributed by atoms with Gasteiger partial charge in [-0.3, -0.25) is 4.99 Å². The van der Waals surface area contributed by atoms with Gasteiger partial charge in [0.25, 0.3) is 0 Å². The molecule has 1 N–H and O–H groups in total. The minimum absolute atomic E-state index is 0.483. The average molecular weight is 379 g/mol. The molecule has 0 atom stereocenters. The third kappa shape index (κ3) is 4.22. The largest absolute Gasteiger partial charge is 0.496 e. The summed E-state index contributed by atoms with van der Waals surface area (Å²) in [6, 6.07) is 12.5. The molecule has 1 aliphatic rings. The van der Waals surface area contributed by atoms with Gasteiger partial charge in [-0.15, -0.1) is 0 Å². The fourth-order valence-corrected chi connectivity index (χ4v) is 3.30. The molecular weight excluding hydrogens is 348 g/mol. The summed E-state index contributed by atoms with van der Waals surface area (Å²) in [4.78, 5) is 4.77. The Morgan fingerprint density at radius 1 is 1.04 bits per heavy atom. The summed E-state index contributed by atoms with van der Waals surface area (Å²) in [5.74, 6) is 3.12. The van der Waals surface area contributed by atoms with E-state index in [1.807, 2.05) is 12.1 Å². The Bertz CT molecular complexity index is 926. The van der Waals surface area contributed by atoms with Gasteiger partial charge in [-0.1, -0.05) is 38.1 Å². The highest BCUT2D eigenvalue weighted by atomic mass is 16.5. The maximum atomic E-state index is 6.16. The first-order valence-corrected chi connectivity index (χ1v) is 9.78. The highest BCUT2D eigenvalue weighted by Crippen LogP contribution is 2.26. The molecule has 0 unspecified atom stereocenters. The Balaban J connectivity index is 1.74. The van der Waals surface area contributed by atoms with Crippen LogP contribution < -0.4 is 14.8 Å². The number of benzene rings is 2. The van der Waals surface area contributed by atoms with Crippen molar-refractivity contribution < 1.29 is 9.47 Å². The molecule has 2 aromatic carbocycles. The zero-order chi connectivity index (χ0) is 20.3. The standard InChI is InChI=1S/C24H30N2O2/c1-15(2)19-11-10-16(3)22(12-19)28-14-20-13-25-24(26-18(20)5)23-17(4)8-7-9-21(23)27-6/h7-12,15H,13-14H2,1-6H3,(H,25,26). The monoisotopic (exact) mass is 378 g/mol. The van der Waals surface area contributed by atoms with E-state index < -0.39 is 0 Å². The van der Waals surface area contributed by atoms with E-state index in [0.717, 1.165) is 45.3 Å². The number of amidine groups is 1. The van der Waals surface area contributed by atoms with Crippen LogP contribution in [-0.2, 0) is 0 Å². The molecule has 0 amide bonds. The Morgan fingerprint density at radius 2 is 1.82 bits per heavy atom. The first-order valence-electron chi connectivity index (χ1n) is 9.78. The number of ether oxygens (including phenoxy) is 2. The highest BCUT2D eigenvalue weighted by molar-refractivity contribution is 6.04. The molecule has 0 saturated carbocycles. The number of nitrogens with one attached hydrogen (secondary N) is 1. The van der Waals surface area contributed by atoms with Gasteiger partial charge in [-0.05, 0) is 55.5 Å². The Hall–Kier alpha value is -2.75. The lowest BCUT2D eigenvalue weighted by molar-refractivity contribution is 0.345. The molecule has 0 bridgehead atoms. The SMILES string of the molecule is COc1cccc(C)c1C1=NCC(COc2cc(C(C)C)ccc2C)=C(C)N1. The van der Waals surface area contributed by atoms with E-state index in [2.05, 4.69) is 64.2 Å². The second-order valence-corrected chi connectivity index (χ2v) is 7.64. The molecule has 4 nitrogen and oxygen atoms in total. The van der Waals surface area contributed by atoms with Crippen molar-refractivity contribution in [3.8, 4) is 11.5 Å². The van der Waals surface area contributed by atoms with Gasteiger partial charge >= 0.3 is 0 Å². The second kappa shape index (κ2) is 8.51. The summed E-state index contributed by atoms with van der Waals surface area (Å²) in [6.45, 7) is 11.8. The molecule has 0 fully saturated rings. The van der Waals surface area contributed by atoms with Gasteiger partial charge in [-0.25, -0.2) is 0 Å². The normalized spacial score (nSPS) is 14.0. The van der Waals surface area contributed by atoms with Crippen LogP contribution in [0.2, 0.25) is 0 Å². The van der Waals surface area contributed by atoms with Crippen molar-refractivity contribution in [1.82, 2.24) is 5.32 Å². The van der Waals surface area contributed by atoms with Gasteiger partial charge in [-0.2, -0.15) is 0 Å². The average Bonchev–Trinajstić information content (AvgIpc) is 2.67. The minimum Gasteiger partial charge on any atom is -0.496 e. The number of hydrogen-bond acceptors (Lipinski definition) is 4. The van der Waals surface area contributed by atoms with Gasteiger partial charge in [0.2, 0.25) is 0 Å². The number of allylic oxidation sites excluding steroid dienone is 1. The Labute approximate surface area is 168 Å². The summed E-state index contributed by atoms with van der Waals surface area (Å²) in [6.07, 6.45) is 0. The van der Waals surface area contributed by atoms with E-state index in [1.54, 1.807) is 7.11 Å². The van der Waals surface area contributed by atoms with Gasteiger partial charge in [0.1, 0.15) is 23.9 Å². The van der Waals surface area contributed by atoms with Crippen LogP contribution in [0, 0.1) is 13.8 Å². The Morgan fingerprint density at radius 3 is 2.50 bits per heavy atom. The zero-order valence-corrected chi connectivity index (χ0v) is 17.7. The maximum absolute atomic E-state index is 6.16. The predicted molar refractivity (Wildman–Crippen MR) is 116 cm³/mol. The minimum atomic E-state index is 0.483. The zero-order valence-electron chi connectivity index (χ0n) is 17.7. The van der Waals surface area contributed by atoms with Crippen LogP contribution in [-0.4, -0.2) is 26.1 Å². The van der Waals surface area contributed by atoms with Crippen molar-refractivity contribution in [3.63, 3.8) is 0 Å². The third-order valence-corrected chi connectivity index (χ3v) is 5.24. The van der Waals surface area contributed by atoms with Crippen molar-refractivity contribution in [2.75, 3.05) is 20.3 Å². The molecule has 2 aromatic rings. The summed E-state index contributed by atoms with van der Waals surface area (Å²) < 4.78 is 11.7. The Kier molecular flexibility index (Phi) is 6.08. The summed E-state index contributed by atoms with van der Waals surface area (Å²) in [5, 5.41) is 3.45. The molecule has 0 spiro atoms. The fourth-order valence-electron chi connectivity index (χ4n) is 3.30. The van der Waals surface area contributed by atoms with Gasteiger partial charge in [0.15, 0.2) is 0 Å². The summed E-state index contributed by atoms with van der Waals surface area (Å²) in [7, 11) is 1.69. The van der Waals surface area contributed by atoms with Crippen molar-refractivity contribution in [2.24, 2.45) is 4.99 Å². The van der Waals surface area contributed by atoms with Crippen LogP contribution in [0.3, 0.4) is 0 Å². The molecule has 0 radical (unpaired) electrons. The van der Waals surface area contributed by atoms with E-state index in [0.29, 0.717) is 19.1 Å². The lowest BCUT2D eigenvalue weighted by atomic mass is 10.0. The van der Waals surface area contributed by atoms with Gasteiger partial charge in [0, 0.05) is 11.3 Å². The van der Waals surface area contributed by atoms with Crippen LogP contribution in [0.1, 0.15) is 48.9 Å². The third-order valence-electron chi connectivity index (χ3n) is 5.24. The molecular formula is C24H30N2O2. The summed E-state index contributed by atoms with van der Waals surface area (Å²) >= 11 is 0. The molecule has 1 heterocycles. The molecule has 1 aliphatic heterocycles. The van der Waals surface area contributed by atoms with Gasteiger partial charge in [0.05, 0.1) is 19.2 Å². The maximum Gasteiger partial charge on any atom is 0.136 e. The van der Waals surface area contributed by atoms with Gasteiger partial charge < -0.3 is 14.8 Å².